The molecule has 0 heterocycles. The SMILES string of the molecule is C.COC(=O)CCCCCC(NC(C)=O)C(=O)OC. The van der Waals surface area contributed by atoms with Crippen molar-refractivity contribution >= 4 is 17.8 Å². The molecule has 1 amide bonds. The smallest absolute Gasteiger partial charge is 0.328 e. The number of ether oxygens (including phenoxy) is 2. The lowest BCUT2D eigenvalue weighted by atomic mass is 10.1. The number of hydrogen-bond donors (Lipinski definition) is 1. The number of nitrogens with one attached hydrogen (secondary N) is 1. The number of amides is 1. The first-order valence-electron chi connectivity index (χ1n) is 5.93. The highest BCUT2D eigenvalue weighted by molar-refractivity contribution is 5.83. The number of unbranched alkanes of at least 4 members (excludes halogenated alkanes) is 2. The van der Waals surface area contributed by atoms with Crippen LogP contribution < -0.4 is 5.32 Å². The van der Waals surface area contributed by atoms with E-state index in [1.807, 2.05) is 0 Å². The Kier molecular flexibility index (Phi) is 11.9. The Labute approximate surface area is 114 Å². The van der Waals surface area contributed by atoms with Crippen molar-refractivity contribution in [1.29, 1.82) is 0 Å². The first kappa shape index (κ1) is 19.7. The second kappa shape index (κ2) is 11.5. The fraction of sp³-hybridized carbons (Fsp3) is 0.769. The molecule has 0 bridgehead atoms. The monoisotopic (exact) mass is 275 g/mol. The van der Waals surface area contributed by atoms with Crippen molar-refractivity contribution in [2.45, 2.75) is 52.5 Å². The lowest BCUT2D eigenvalue weighted by Gasteiger charge is -2.14. The summed E-state index contributed by atoms with van der Waals surface area (Å²) in [6, 6.07) is -0.606. The summed E-state index contributed by atoms with van der Waals surface area (Å²) in [6.07, 6.45) is 3.12. The Bertz CT molecular complexity index is 291. The van der Waals surface area contributed by atoms with Crippen LogP contribution in [0, 0.1) is 0 Å². The third-order valence-corrected chi connectivity index (χ3v) is 2.46. The van der Waals surface area contributed by atoms with E-state index >= 15 is 0 Å². The number of hydrogen-bond acceptors (Lipinski definition) is 5. The zero-order valence-corrected chi connectivity index (χ0v) is 11.2. The van der Waals surface area contributed by atoms with E-state index < -0.39 is 12.0 Å². The fourth-order valence-electron chi connectivity index (χ4n) is 1.53. The second-order valence-corrected chi connectivity index (χ2v) is 3.95. The summed E-state index contributed by atoms with van der Waals surface area (Å²) < 4.78 is 9.11. The Morgan fingerprint density at radius 1 is 1.05 bits per heavy atom. The lowest BCUT2D eigenvalue weighted by Crippen LogP contribution is -2.40. The van der Waals surface area contributed by atoms with E-state index in [1.54, 1.807) is 0 Å². The molecule has 1 atom stereocenters. The van der Waals surface area contributed by atoms with Gasteiger partial charge in [0, 0.05) is 13.3 Å². The van der Waals surface area contributed by atoms with Gasteiger partial charge in [-0.05, 0) is 12.8 Å². The Morgan fingerprint density at radius 3 is 2.16 bits per heavy atom. The summed E-state index contributed by atoms with van der Waals surface area (Å²) in [4.78, 5) is 33.1. The summed E-state index contributed by atoms with van der Waals surface area (Å²) in [5.74, 6) is -0.945. The predicted molar refractivity (Wildman–Crippen MR) is 71.5 cm³/mol. The van der Waals surface area contributed by atoms with Gasteiger partial charge in [0.1, 0.15) is 6.04 Å². The average molecular weight is 275 g/mol. The maximum absolute atomic E-state index is 11.4. The summed E-state index contributed by atoms with van der Waals surface area (Å²) >= 11 is 0. The summed E-state index contributed by atoms with van der Waals surface area (Å²) in [5.41, 5.74) is 0. The molecular formula is C13H25NO5. The van der Waals surface area contributed by atoms with Gasteiger partial charge in [-0.15, -0.1) is 0 Å². The van der Waals surface area contributed by atoms with Gasteiger partial charge < -0.3 is 14.8 Å². The number of rotatable bonds is 8. The van der Waals surface area contributed by atoms with Gasteiger partial charge in [-0.1, -0.05) is 20.3 Å². The first-order chi connectivity index (χ1) is 8.51. The van der Waals surface area contributed by atoms with Crippen LogP contribution in [0.1, 0.15) is 46.5 Å². The van der Waals surface area contributed by atoms with E-state index in [0.29, 0.717) is 19.3 Å². The van der Waals surface area contributed by atoms with E-state index in [-0.39, 0.29) is 19.3 Å². The van der Waals surface area contributed by atoms with E-state index in [0.717, 1.165) is 12.8 Å². The van der Waals surface area contributed by atoms with Gasteiger partial charge >= 0.3 is 11.9 Å². The standard InChI is InChI=1S/C12H21NO5.CH4/c1-9(14)13-10(12(16)18-3)7-5-4-6-8-11(15)17-2;/h10H,4-8H2,1-3H3,(H,13,14);1H4. The minimum absolute atomic E-state index is 0. The van der Waals surface area contributed by atoms with Crippen LogP contribution in [0.5, 0.6) is 0 Å². The molecule has 0 spiro atoms. The van der Waals surface area contributed by atoms with Crippen LogP contribution in [0.3, 0.4) is 0 Å². The normalized spacial score (nSPS) is 10.9. The van der Waals surface area contributed by atoms with Gasteiger partial charge in [-0.3, -0.25) is 9.59 Å². The molecule has 0 radical (unpaired) electrons. The maximum atomic E-state index is 11.4. The lowest BCUT2D eigenvalue weighted by molar-refractivity contribution is -0.145. The minimum atomic E-state index is -0.606. The third-order valence-electron chi connectivity index (χ3n) is 2.46. The Morgan fingerprint density at radius 2 is 1.68 bits per heavy atom. The van der Waals surface area contributed by atoms with Crippen molar-refractivity contribution in [1.82, 2.24) is 5.32 Å². The van der Waals surface area contributed by atoms with Crippen molar-refractivity contribution in [2.24, 2.45) is 0 Å². The second-order valence-electron chi connectivity index (χ2n) is 3.95. The van der Waals surface area contributed by atoms with Gasteiger partial charge in [0.2, 0.25) is 5.91 Å². The number of carbonyl (C=O) groups excluding carboxylic acids is 3. The van der Waals surface area contributed by atoms with E-state index in [1.165, 1.54) is 21.1 Å². The van der Waals surface area contributed by atoms with Crippen molar-refractivity contribution in [2.75, 3.05) is 14.2 Å². The molecule has 0 aliphatic carbocycles. The Hall–Kier alpha value is -1.59. The molecule has 0 rings (SSSR count). The largest absolute Gasteiger partial charge is 0.469 e. The fourth-order valence-corrected chi connectivity index (χ4v) is 1.53. The maximum Gasteiger partial charge on any atom is 0.328 e. The molecule has 0 aliphatic heterocycles. The Balaban J connectivity index is 0. The number of methoxy groups -OCH3 is 2. The van der Waals surface area contributed by atoms with Crippen LogP contribution in [0.25, 0.3) is 0 Å². The molecule has 0 aromatic rings. The molecule has 0 saturated heterocycles. The summed E-state index contributed by atoms with van der Waals surface area (Å²) in [7, 11) is 2.64. The van der Waals surface area contributed by atoms with Gasteiger partial charge in [0.25, 0.3) is 0 Å². The molecule has 6 heteroatoms. The molecule has 1 N–H and O–H groups in total. The molecule has 1 unspecified atom stereocenters. The van der Waals surface area contributed by atoms with Crippen molar-refractivity contribution in [3.8, 4) is 0 Å². The molecule has 0 aliphatic rings. The van der Waals surface area contributed by atoms with Gasteiger partial charge in [-0.2, -0.15) is 0 Å². The van der Waals surface area contributed by atoms with Crippen LogP contribution >= 0.6 is 0 Å². The molecule has 0 aromatic carbocycles. The van der Waals surface area contributed by atoms with Crippen molar-refractivity contribution < 1.29 is 23.9 Å². The van der Waals surface area contributed by atoms with Crippen LogP contribution in [0.4, 0.5) is 0 Å². The topological polar surface area (TPSA) is 81.7 Å². The van der Waals surface area contributed by atoms with Gasteiger partial charge in [-0.25, -0.2) is 4.79 Å². The van der Waals surface area contributed by atoms with Crippen LogP contribution in [-0.4, -0.2) is 38.1 Å². The zero-order chi connectivity index (χ0) is 14.0. The molecule has 0 aromatic heterocycles. The van der Waals surface area contributed by atoms with Crippen LogP contribution in [0.2, 0.25) is 0 Å². The van der Waals surface area contributed by atoms with Crippen LogP contribution in [0.15, 0.2) is 0 Å². The van der Waals surface area contributed by atoms with E-state index in [2.05, 4.69) is 14.8 Å². The molecule has 0 fully saturated rings. The van der Waals surface area contributed by atoms with E-state index in [4.69, 9.17) is 0 Å². The predicted octanol–water partition coefficient (Wildman–Crippen LogP) is 1.42. The average Bonchev–Trinajstić information content (AvgIpc) is 2.35. The minimum Gasteiger partial charge on any atom is -0.469 e. The highest BCUT2D eigenvalue weighted by Gasteiger charge is 2.19. The molecule has 19 heavy (non-hydrogen) atoms. The highest BCUT2D eigenvalue weighted by atomic mass is 16.5. The van der Waals surface area contributed by atoms with Gasteiger partial charge in [0.15, 0.2) is 0 Å². The van der Waals surface area contributed by atoms with Crippen molar-refractivity contribution in [3.63, 3.8) is 0 Å². The van der Waals surface area contributed by atoms with Gasteiger partial charge in [0.05, 0.1) is 14.2 Å². The summed E-state index contributed by atoms with van der Waals surface area (Å²) in [6.45, 7) is 1.35. The quantitative estimate of drug-likeness (QED) is 0.535. The summed E-state index contributed by atoms with van der Waals surface area (Å²) in [5, 5.41) is 2.54. The first-order valence-corrected chi connectivity index (χ1v) is 5.93. The molecule has 6 nitrogen and oxygen atoms in total. The molecule has 0 saturated carbocycles. The third kappa shape index (κ3) is 10.1. The van der Waals surface area contributed by atoms with Crippen molar-refractivity contribution in [3.05, 3.63) is 0 Å². The molecule has 112 valence electrons. The highest BCUT2D eigenvalue weighted by Crippen LogP contribution is 2.07. The molecular weight excluding hydrogens is 250 g/mol. The zero-order valence-electron chi connectivity index (χ0n) is 11.2. The number of esters is 2. The van der Waals surface area contributed by atoms with E-state index in [9.17, 15) is 14.4 Å². The van der Waals surface area contributed by atoms with Crippen LogP contribution in [-0.2, 0) is 23.9 Å². The number of carbonyl (C=O) groups is 3.